The van der Waals surface area contributed by atoms with Gasteiger partial charge < -0.3 is 9.47 Å². The minimum Gasteiger partial charge on any atom is -0.454 e. The zero-order valence-electron chi connectivity index (χ0n) is 6.23. The van der Waals surface area contributed by atoms with E-state index in [0.29, 0.717) is 6.79 Å². The van der Waals surface area contributed by atoms with E-state index in [1.165, 1.54) is 11.1 Å². The molecular weight excluding hydrogens is 128 g/mol. The summed E-state index contributed by atoms with van der Waals surface area (Å²) < 4.78 is 10.5. The Morgan fingerprint density at radius 1 is 1.00 bits per heavy atom. The highest BCUT2D eigenvalue weighted by Gasteiger charge is 2.27. The largest absolute Gasteiger partial charge is 0.454 e. The zero-order valence-corrected chi connectivity index (χ0v) is 6.23. The van der Waals surface area contributed by atoms with E-state index in [1.807, 2.05) is 0 Å². The van der Waals surface area contributed by atoms with Gasteiger partial charge >= 0.3 is 0 Å². The predicted octanol–water partition coefficient (Wildman–Crippen LogP) is 1.94. The van der Waals surface area contributed by atoms with E-state index >= 15 is 0 Å². The number of ether oxygens (including phenoxy) is 2. The molecule has 2 heteroatoms. The van der Waals surface area contributed by atoms with Gasteiger partial charge in [0, 0.05) is 0 Å². The van der Waals surface area contributed by atoms with Crippen molar-refractivity contribution in [2.24, 2.45) is 0 Å². The standard InChI is InChI=1S/C8H10O2/c1-5-3-6(2)8-7(5)9-4-10-8/h3-4H2,1-2H3. The summed E-state index contributed by atoms with van der Waals surface area (Å²) in [5.74, 6) is 1.97. The second kappa shape index (κ2) is 1.78. The summed E-state index contributed by atoms with van der Waals surface area (Å²) in [6.45, 7) is 4.57. The molecule has 0 radical (unpaired) electrons. The second-order valence-electron chi connectivity index (χ2n) is 2.80. The van der Waals surface area contributed by atoms with Crippen molar-refractivity contribution in [3.63, 3.8) is 0 Å². The summed E-state index contributed by atoms with van der Waals surface area (Å²) in [7, 11) is 0. The van der Waals surface area contributed by atoms with Crippen LogP contribution in [0.4, 0.5) is 0 Å². The van der Waals surface area contributed by atoms with Gasteiger partial charge in [0.15, 0.2) is 11.5 Å². The van der Waals surface area contributed by atoms with Crippen molar-refractivity contribution in [2.75, 3.05) is 6.79 Å². The highest BCUT2D eigenvalue weighted by atomic mass is 16.7. The third kappa shape index (κ3) is 0.589. The summed E-state index contributed by atoms with van der Waals surface area (Å²) in [4.78, 5) is 0. The fourth-order valence-corrected chi connectivity index (χ4v) is 1.47. The van der Waals surface area contributed by atoms with E-state index in [2.05, 4.69) is 13.8 Å². The Balaban J connectivity index is 2.44. The van der Waals surface area contributed by atoms with Gasteiger partial charge in [0.05, 0.1) is 0 Å². The van der Waals surface area contributed by atoms with Crippen molar-refractivity contribution < 1.29 is 9.47 Å². The van der Waals surface area contributed by atoms with Crippen molar-refractivity contribution in [1.29, 1.82) is 0 Å². The Hall–Kier alpha value is -0.920. The highest BCUT2D eigenvalue weighted by Crippen LogP contribution is 2.36. The Morgan fingerprint density at radius 2 is 1.50 bits per heavy atom. The third-order valence-electron chi connectivity index (χ3n) is 1.92. The van der Waals surface area contributed by atoms with E-state index in [-0.39, 0.29) is 0 Å². The number of hydrogen-bond acceptors (Lipinski definition) is 2. The van der Waals surface area contributed by atoms with E-state index in [4.69, 9.17) is 9.47 Å². The average Bonchev–Trinajstić information content (AvgIpc) is 2.39. The molecule has 10 heavy (non-hydrogen) atoms. The molecule has 0 unspecified atom stereocenters. The van der Waals surface area contributed by atoms with Crippen LogP contribution in [0.1, 0.15) is 20.3 Å². The van der Waals surface area contributed by atoms with Crippen molar-refractivity contribution in [3.05, 3.63) is 22.7 Å². The summed E-state index contributed by atoms with van der Waals surface area (Å²) in [6, 6.07) is 0. The Morgan fingerprint density at radius 3 is 2.00 bits per heavy atom. The number of rotatable bonds is 0. The fraction of sp³-hybridized carbons (Fsp3) is 0.500. The van der Waals surface area contributed by atoms with Crippen LogP contribution >= 0.6 is 0 Å². The average molecular weight is 138 g/mol. The molecule has 54 valence electrons. The van der Waals surface area contributed by atoms with Gasteiger partial charge in [-0.3, -0.25) is 0 Å². The molecule has 2 rings (SSSR count). The molecule has 2 aliphatic rings. The second-order valence-corrected chi connectivity index (χ2v) is 2.80. The van der Waals surface area contributed by atoms with E-state index in [1.54, 1.807) is 0 Å². The lowest BCUT2D eigenvalue weighted by Crippen LogP contribution is -1.83. The lowest BCUT2D eigenvalue weighted by Gasteiger charge is -1.94. The van der Waals surface area contributed by atoms with Crippen LogP contribution in [0.5, 0.6) is 0 Å². The van der Waals surface area contributed by atoms with Gasteiger partial charge in [-0.05, 0) is 31.4 Å². The molecule has 1 heterocycles. The predicted molar refractivity (Wildman–Crippen MR) is 37.1 cm³/mol. The molecule has 2 nitrogen and oxygen atoms in total. The minimum atomic E-state index is 0.402. The lowest BCUT2D eigenvalue weighted by atomic mass is 10.2. The molecule has 0 bridgehead atoms. The van der Waals surface area contributed by atoms with Crippen LogP contribution in [0.15, 0.2) is 22.7 Å². The Labute approximate surface area is 60.1 Å². The first-order valence-corrected chi connectivity index (χ1v) is 3.44. The molecule has 1 aliphatic heterocycles. The summed E-state index contributed by atoms with van der Waals surface area (Å²) in [5, 5.41) is 0. The topological polar surface area (TPSA) is 18.5 Å². The minimum absolute atomic E-state index is 0.402. The van der Waals surface area contributed by atoms with Gasteiger partial charge in [0.25, 0.3) is 0 Å². The van der Waals surface area contributed by atoms with Crippen molar-refractivity contribution >= 4 is 0 Å². The maximum atomic E-state index is 5.26. The smallest absolute Gasteiger partial charge is 0.231 e. The number of hydrogen-bond donors (Lipinski definition) is 0. The molecule has 1 fully saturated rings. The number of allylic oxidation sites excluding steroid dienone is 2. The van der Waals surface area contributed by atoms with Crippen molar-refractivity contribution in [1.82, 2.24) is 0 Å². The Kier molecular flexibility index (Phi) is 1.04. The maximum Gasteiger partial charge on any atom is 0.231 e. The van der Waals surface area contributed by atoms with Gasteiger partial charge in [-0.25, -0.2) is 0 Å². The van der Waals surface area contributed by atoms with Gasteiger partial charge in [-0.1, -0.05) is 0 Å². The van der Waals surface area contributed by atoms with Crippen LogP contribution in [0, 0.1) is 0 Å². The first kappa shape index (κ1) is 5.83. The molecule has 0 atom stereocenters. The van der Waals surface area contributed by atoms with Crippen LogP contribution in [-0.4, -0.2) is 6.79 Å². The van der Waals surface area contributed by atoms with Gasteiger partial charge in [0.1, 0.15) is 0 Å². The fourth-order valence-electron chi connectivity index (χ4n) is 1.47. The normalized spacial score (nSPS) is 23.0. The summed E-state index contributed by atoms with van der Waals surface area (Å²) in [6.07, 6.45) is 1.02. The molecule has 0 amide bonds. The van der Waals surface area contributed by atoms with Crippen LogP contribution in [0.3, 0.4) is 0 Å². The van der Waals surface area contributed by atoms with Crippen LogP contribution < -0.4 is 0 Å². The molecule has 0 aromatic carbocycles. The molecule has 0 spiro atoms. The summed E-state index contributed by atoms with van der Waals surface area (Å²) >= 11 is 0. The van der Waals surface area contributed by atoms with E-state index in [0.717, 1.165) is 17.9 Å². The number of fused-ring (bicyclic) bond motifs is 1. The molecule has 0 N–H and O–H groups in total. The zero-order chi connectivity index (χ0) is 7.14. The molecule has 0 aromatic heterocycles. The van der Waals surface area contributed by atoms with Crippen LogP contribution in [0.2, 0.25) is 0 Å². The molecule has 1 aliphatic carbocycles. The lowest BCUT2D eigenvalue weighted by molar-refractivity contribution is 0.0948. The van der Waals surface area contributed by atoms with E-state index < -0.39 is 0 Å². The highest BCUT2D eigenvalue weighted by molar-refractivity contribution is 5.40. The van der Waals surface area contributed by atoms with Gasteiger partial charge in [0.2, 0.25) is 6.79 Å². The van der Waals surface area contributed by atoms with Gasteiger partial charge in [-0.15, -0.1) is 0 Å². The first-order valence-electron chi connectivity index (χ1n) is 3.44. The van der Waals surface area contributed by atoms with Crippen LogP contribution in [0.25, 0.3) is 0 Å². The molecule has 1 saturated heterocycles. The maximum absolute atomic E-state index is 5.26. The molecule has 0 aromatic rings. The van der Waals surface area contributed by atoms with Gasteiger partial charge in [-0.2, -0.15) is 0 Å². The van der Waals surface area contributed by atoms with Crippen molar-refractivity contribution in [3.8, 4) is 0 Å². The van der Waals surface area contributed by atoms with Crippen molar-refractivity contribution in [2.45, 2.75) is 20.3 Å². The summed E-state index contributed by atoms with van der Waals surface area (Å²) in [5.41, 5.74) is 2.59. The third-order valence-corrected chi connectivity index (χ3v) is 1.92. The quantitative estimate of drug-likeness (QED) is 0.509. The van der Waals surface area contributed by atoms with E-state index in [9.17, 15) is 0 Å². The first-order chi connectivity index (χ1) is 4.79. The SMILES string of the molecule is CC1=C2OCOC2=C(C)C1. The molecule has 0 saturated carbocycles. The Bertz CT molecular complexity index is 212. The molecular formula is C8H10O2. The monoisotopic (exact) mass is 138 g/mol. The van der Waals surface area contributed by atoms with Crippen LogP contribution in [-0.2, 0) is 9.47 Å².